The molecule has 170 valence electrons. The predicted octanol–water partition coefficient (Wildman–Crippen LogP) is 2.12. The maximum atomic E-state index is 12.3. The highest BCUT2D eigenvalue weighted by atomic mass is 19.4. The lowest BCUT2D eigenvalue weighted by molar-refractivity contribution is -0.274. The third-order valence-corrected chi connectivity index (χ3v) is 4.66. The van der Waals surface area contributed by atoms with Crippen molar-refractivity contribution in [2.24, 2.45) is 5.92 Å². The van der Waals surface area contributed by atoms with Gasteiger partial charge in [0.2, 0.25) is 0 Å². The number of alkyl halides is 3. The van der Waals surface area contributed by atoms with Crippen LogP contribution in [0.25, 0.3) is 0 Å². The van der Waals surface area contributed by atoms with E-state index in [1.807, 2.05) is 7.05 Å². The molecular weight excluding hydrogens is 401 g/mol. The largest absolute Gasteiger partial charge is 0.573 e. The van der Waals surface area contributed by atoms with E-state index < -0.39 is 18.7 Å². The molecular formula is C19H31F3N6O2. The maximum Gasteiger partial charge on any atom is 0.573 e. The molecule has 8 nitrogen and oxygen atoms in total. The Balaban J connectivity index is 1.87. The first-order valence-corrected chi connectivity index (χ1v) is 9.99. The Hall–Kier alpha value is -2.08. The molecule has 11 heteroatoms. The van der Waals surface area contributed by atoms with Crippen molar-refractivity contribution in [3.05, 3.63) is 24.3 Å². The smallest absolute Gasteiger partial charge is 0.406 e. The average Bonchev–Trinajstić information content (AvgIpc) is 2.65. The van der Waals surface area contributed by atoms with Gasteiger partial charge in [0.05, 0.1) is 6.17 Å². The molecule has 0 saturated carbocycles. The van der Waals surface area contributed by atoms with E-state index in [1.165, 1.54) is 12.1 Å². The molecule has 1 aromatic rings. The fourth-order valence-electron chi connectivity index (χ4n) is 3.12. The number of halogens is 3. The Labute approximate surface area is 174 Å². The second kappa shape index (κ2) is 11.3. The van der Waals surface area contributed by atoms with Gasteiger partial charge in [0, 0.05) is 11.7 Å². The van der Waals surface area contributed by atoms with Crippen LogP contribution in [-0.4, -0.2) is 51.0 Å². The molecule has 0 spiro atoms. The van der Waals surface area contributed by atoms with Gasteiger partial charge < -0.3 is 26.0 Å². The highest BCUT2D eigenvalue weighted by molar-refractivity contribution is 5.89. The zero-order valence-electron chi connectivity index (χ0n) is 17.4. The summed E-state index contributed by atoms with van der Waals surface area (Å²) in [5, 5.41) is 18.6. The first kappa shape index (κ1) is 24.2. The number of anilines is 1. The summed E-state index contributed by atoms with van der Waals surface area (Å²) < 4.78 is 40.5. The van der Waals surface area contributed by atoms with E-state index >= 15 is 0 Å². The normalized spacial score (nSPS) is 22.0. The van der Waals surface area contributed by atoms with Crippen LogP contribution in [0.2, 0.25) is 0 Å². The third-order valence-electron chi connectivity index (χ3n) is 4.66. The fourth-order valence-corrected chi connectivity index (χ4v) is 3.12. The summed E-state index contributed by atoms with van der Waals surface area (Å²) in [7, 11) is 1.91. The minimum atomic E-state index is -4.75. The molecule has 0 aromatic heterocycles. The summed E-state index contributed by atoms with van der Waals surface area (Å²) in [5.41, 5.74) is 0.347. The summed E-state index contributed by atoms with van der Waals surface area (Å²) in [6.45, 7) is 5.99. The van der Waals surface area contributed by atoms with Crippen LogP contribution in [0.3, 0.4) is 0 Å². The standard InChI is InChI=1S/C19H31F3N6O2/c1-12(2)15-11-16(24-10-4-9-23-3)27-17(26-15)28-18(29)25-13-5-7-14(8-6-13)30-19(20,21)22/h5-8,12,15-17,23-24,26-27H,4,9-11H2,1-3H3,(H2,25,28,29). The lowest BCUT2D eigenvalue weighted by Gasteiger charge is -2.40. The van der Waals surface area contributed by atoms with Gasteiger partial charge in [0.25, 0.3) is 0 Å². The van der Waals surface area contributed by atoms with Gasteiger partial charge in [0.15, 0.2) is 0 Å². The molecule has 1 aliphatic rings. The van der Waals surface area contributed by atoms with Gasteiger partial charge in [-0.1, -0.05) is 13.8 Å². The van der Waals surface area contributed by atoms with Crippen molar-refractivity contribution >= 4 is 11.7 Å². The topological polar surface area (TPSA) is 98.5 Å². The Bertz CT molecular complexity index is 657. The van der Waals surface area contributed by atoms with E-state index in [0.717, 1.165) is 38.1 Å². The van der Waals surface area contributed by atoms with Crippen LogP contribution < -0.4 is 36.6 Å². The van der Waals surface area contributed by atoms with E-state index in [0.29, 0.717) is 11.6 Å². The van der Waals surface area contributed by atoms with Gasteiger partial charge in [0.1, 0.15) is 12.0 Å². The first-order chi connectivity index (χ1) is 14.2. The number of rotatable bonds is 9. The zero-order valence-corrected chi connectivity index (χ0v) is 17.4. The highest BCUT2D eigenvalue weighted by Gasteiger charge is 2.31. The molecule has 6 N–H and O–H groups in total. The molecule has 1 fully saturated rings. The maximum absolute atomic E-state index is 12.3. The quantitative estimate of drug-likeness (QED) is 0.335. The number of hydrogen-bond acceptors (Lipinski definition) is 6. The molecule has 0 radical (unpaired) electrons. The van der Waals surface area contributed by atoms with Gasteiger partial charge in [-0.25, -0.2) is 4.79 Å². The molecule has 1 aromatic carbocycles. The zero-order chi connectivity index (χ0) is 22.1. The molecule has 1 aliphatic heterocycles. The van der Waals surface area contributed by atoms with E-state index in [9.17, 15) is 18.0 Å². The summed E-state index contributed by atoms with van der Waals surface area (Å²) in [5.74, 6) is 0.0262. The number of ether oxygens (including phenoxy) is 1. The van der Waals surface area contributed by atoms with Crippen molar-refractivity contribution < 1.29 is 22.7 Å². The predicted molar refractivity (Wildman–Crippen MR) is 109 cm³/mol. The first-order valence-electron chi connectivity index (χ1n) is 9.99. The molecule has 1 saturated heterocycles. The molecule has 2 rings (SSSR count). The van der Waals surface area contributed by atoms with Crippen molar-refractivity contribution in [1.82, 2.24) is 26.6 Å². The van der Waals surface area contributed by atoms with Crippen molar-refractivity contribution in [2.75, 3.05) is 25.5 Å². The average molecular weight is 432 g/mol. The van der Waals surface area contributed by atoms with Crippen LogP contribution in [0.15, 0.2) is 24.3 Å². The summed E-state index contributed by atoms with van der Waals surface area (Å²) in [6, 6.07) is 4.68. The number of nitrogens with one attached hydrogen (secondary N) is 6. The number of amides is 2. The lowest BCUT2D eigenvalue weighted by Crippen LogP contribution is -2.69. The monoisotopic (exact) mass is 432 g/mol. The van der Waals surface area contributed by atoms with Gasteiger partial charge in [-0.2, -0.15) is 0 Å². The van der Waals surface area contributed by atoms with Crippen LogP contribution in [-0.2, 0) is 0 Å². The fraction of sp³-hybridized carbons (Fsp3) is 0.632. The van der Waals surface area contributed by atoms with Gasteiger partial charge in [-0.05, 0) is 63.2 Å². The van der Waals surface area contributed by atoms with Crippen LogP contribution in [0, 0.1) is 5.92 Å². The van der Waals surface area contributed by atoms with Crippen molar-refractivity contribution in [3.63, 3.8) is 0 Å². The van der Waals surface area contributed by atoms with Crippen molar-refractivity contribution in [1.29, 1.82) is 0 Å². The molecule has 2 amide bonds. The molecule has 3 unspecified atom stereocenters. The second-order valence-corrected chi connectivity index (χ2v) is 7.49. The summed E-state index contributed by atoms with van der Waals surface area (Å²) in [4.78, 5) is 12.3. The number of urea groups is 1. The van der Waals surface area contributed by atoms with E-state index in [1.54, 1.807) is 0 Å². The number of benzene rings is 1. The van der Waals surface area contributed by atoms with Crippen LogP contribution in [0.1, 0.15) is 26.7 Å². The van der Waals surface area contributed by atoms with Crippen LogP contribution in [0.4, 0.5) is 23.7 Å². The highest BCUT2D eigenvalue weighted by Crippen LogP contribution is 2.23. The Morgan fingerprint density at radius 3 is 2.50 bits per heavy atom. The van der Waals surface area contributed by atoms with E-state index in [2.05, 4.69) is 50.5 Å². The molecule has 1 heterocycles. The third kappa shape index (κ3) is 8.74. The summed E-state index contributed by atoms with van der Waals surface area (Å²) in [6.07, 6.45) is -3.31. The molecule has 3 atom stereocenters. The van der Waals surface area contributed by atoms with Gasteiger partial charge in [-0.15, -0.1) is 13.2 Å². The van der Waals surface area contributed by atoms with Gasteiger partial charge in [-0.3, -0.25) is 10.6 Å². The molecule has 0 bridgehead atoms. The van der Waals surface area contributed by atoms with Crippen molar-refractivity contribution in [2.45, 2.75) is 51.5 Å². The van der Waals surface area contributed by atoms with E-state index in [-0.39, 0.29) is 18.0 Å². The van der Waals surface area contributed by atoms with Crippen LogP contribution in [0.5, 0.6) is 5.75 Å². The van der Waals surface area contributed by atoms with E-state index in [4.69, 9.17) is 0 Å². The van der Waals surface area contributed by atoms with Crippen molar-refractivity contribution in [3.8, 4) is 5.75 Å². The number of carbonyl (C=O) groups excluding carboxylic acids is 1. The van der Waals surface area contributed by atoms with Crippen LogP contribution >= 0.6 is 0 Å². The number of carbonyl (C=O) groups is 1. The minimum absolute atomic E-state index is 0.0413. The Kier molecular flexibility index (Phi) is 9.15. The number of hydrogen-bond donors (Lipinski definition) is 6. The lowest BCUT2D eigenvalue weighted by atomic mass is 9.97. The molecule has 0 aliphatic carbocycles. The Morgan fingerprint density at radius 2 is 1.90 bits per heavy atom. The van der Waals surface area contributed by atoms with Gasteiger partial charge >= 0.3 is 12.4 Å². The molecule has 30 heavy (non-hydrogen) atoms. The summed E-state index contributed by atoms with van der Waals surface area (Å²) >= 11 is 0. The second-order valence-electron chi connectivity index (χ2n) is 7.49. The minimum Gasteiger partial charge on any atom is -0.406 e. The SMILES string of the molecule is CNCCCNC1CC(C(C)C)NC(NC(=O)Nc2ccc(OC(F)(F)F)cc2)N1. The Morgan fingerprint density at radius 1 is 1.20 bits per heavy atom.